The predicted molar refractivity (Wildman–Crippen MR) is 54.5 cm³/mol. The molecule has 2 heteroatoms. The van der Waals surface area contributed by atoms with Crippen molar-refractivity contribution in [3.8, 4) is 12.3 Å². The molecule has 1 heterocycles. The molecule has 13 heavy (non-hydrogen) atoms. The molecule has 3 atom stereocenters. The first-order valence-corrected chi connectivity index (χ1v) is 5.10. The summed E-state index contributed by atoms with van der Waals surface area (Å²) in [5, 5.41) is 3.47. The molecule has 1 aliphatic heterocycles. The summed E-state index contributed by atoms with van der Waals surface area (Å²) in [6.45, 7) is 5.09. The zero-order valence-corrected chi connectivity index (χ0v) is 8.55. The zero-order valence-electron chi connectivity index (χ0n) is 8.55. The molecule has 1 N–H and O–H groups in total. The maximum Gasteiger partial charge on any atom is 0.0686 e. The van der Waals surface area contributed by atoms with Crippen LogP contribution >= 0.6 is 0 Å². The van der Waals surface area contributed by atoms with Crippen molar-refractivity contribution >= 4 is 0 Å². The summed E-state index contributed by atoms with van der Waals surface area (Å²) in [6.07, 6.45) is 8.94. The largest absolute Gasteiger partial charge is 0.378 e. The van der Waals surface area contributed by atoms with Crippen molar-refractivity contribution in [3.05, 3.63) is 0 Å². The summed E-state index contributed by atoms with van der Waals surface area (Å²) in [6, 6.07) is 0.778. The quantitative estimate of drug-likeness (QED) is 0.667. The molecule has 3 unspecified atom stereocenters. The van der Waals surface area contributed by atoms with Crippen LogP contribution in [0, 0.1) is 12.3 Å². The van der Waals surface area contributed by atoms with Crippen molar-refractivity contribution in [2.45, 2.75) is 51.3 Å². The Labute approximate surface area is 81.0 Å². The highest BCUT2D eigenvalue weighted by molar-refractivity contribution is 4.99. The number of ether oxygens (including phenoxy) is 1. The van der Waals surface area contributed by atoms with E-state index in [2.05, 4.69) is 25.1 Å². The Morgan fingerprint density at radius 1 is 1.69 bits per heavy atom. The highest BCUT2D eigenvalue weighted by Crippen LogP contribution is 2.13. The van der Waals surface area contributed by atoms with Gasteiger partial charge in [0.15, 0.2) is 0 Å². The van der Waals surface area contributed by atoms with Crippen molar-refractivity contribution in [3.63, 3.8) is 0 Å². The molecule has 1 fully saturated rings. The Kier molecular flexibility index (Phi) is 4.27. The number of rotatable bonds is 3. The van der Waals surface area contributed by atoms with Crippen molar-refractivity contribution in [2.75, 3.05) is 6.61 Å². The minimum atomic E-state index is 0.232. The third kappa shape index (κ3) is 3.38. The normalized spacial score (nSPS) is 30.8. The van der Waals surface area contributed by atoms with E-state index in [-0.39, 0.29) is 6.04 Å². The lowest BCUT2D eigenvalue weighted by atomic mass is 10.0. The van der Waals surface area contributed by atoms with Crippen molar-refractivity contribution < 1.29 is 4.74 Å². The van der Waals surface area contributed by atoms with E-state index in [9.17, 15) is 0 Å². The maximum atomic E-state index is 5.47. The van der Waals surface area contributed by atoms with Gasteiger partial charge in [0.2, 0.25) is 0 Å². The van der Waals surface area contributed by atoms with Crippen molar-refractivity contribution in [1.82, 2.24) is 5.32 Å². The van der Waals surface area contributed by atoms with Gasteiger partial charge in [-0.1, -0.05) is 12.8 Å². The Hall–Kier alpha value is -0.520. The molecule has 0 aromatic carbocycles. The molecule has 0 aromatic rings. The van der Waals surface area contributed by atoms with E-state index >= 15 is 0 Å². The van der Waals surface area contributed by atoms with Gasteiger partial charge in [0.1, 0.15) is 0 Å². The number of terminal acetylenes is 1. The van der Waals surface area contributed by atoms with Crippen LogP contribution in [0.15, 0.2) is 0 Å². The van der Waals surface area contributed by atoms with Gasteiger partial charge in [-0.3, -0.25) is 0 Å². The Morgan fingerprint density at radius 3 is 3.00 bits per heavy atom. The zero-order chi connectivity index (χ0) is 9.68. The molecular weight excluding hydrogens is 162 g/mol. The van der Waals surface area contributed by atoms with Crippen LogP contribution in [0.25, 0.3) is 0 Å². The second-order valence-electron chi connectivity index (χ2n) is 3.70. The van der Waals surface area contributed by atoms with Crippen LogP contribution < -0.4 is 5.32 Å². The van der Waals surface area contributed by atoms with Gasteiger partial charge in [-0.25, -0.2) is 0 Å². The molecule has 0 aromatic heterocycles. The molecule has 0 bridgehead atoms. The lowest BCUT2D eigenvalue weighted by Gasteiger charge is -2.29. The first kappa shape index (κ1) is 10.6. The monoisotopic (exact) mass is 181 g/mol. The SMILES string of the molecule is C#CC(CC)NC1CCOC(C)C1. The Balaban J connectivity index is 2.31. The fraction of sp³-hybridized carbons (Fsp3) is 0.818. The number of hydrogen-bond donors (Lipinski definition) is 1. The van der Waals surface area contributed by atoms with Gasteiger partial charge in [-0.15, -0.1) is 6.42 Å². The van der Waals surface area contributed by atoms with Gasteiger partial charge in [0, 0.05) is 12.6 Å². The smallest absolute Gasteiger partial charge is 0.0686 e. The van der Waals surface area contributed by atoms with Crippen molar-refractivity contribution in [2.24, 2.45) is 0 Å². The van der Waals surface area contributed by atoms with Gasteiger partial charge in [0.25, 0.3) is 0 Å². The molecule has 0 saturated carbocycles. The van der Waals surface area contributed by atoms with Gasteiger partial charge in [0.05, 0.1) is 12.1 Å². The van der Waals surface area contributed by atoms with Gasteiger partial charge < -0.3 is 10.1 Å². The van der Waals surface area contributed by atoms with Crippen LogP contribution in [0.4, 0.5) is 0 Å². The second kappa shape index (κ2) is 5.26. The van der Waals surface area contributed by atoms with E-state index in [0.29, 0.717) is 12.1 Å². The van der Waals surface area contributed by atoms with Gasteiger partial charge in [-0.2, -0.15) is 0 Å². The van der Waals surface area contributed by atoms with E-state index in [4.69, 9.17) is 11.2 Å². The molecule has 1 rings (SSSR count). The van der Waals surface area contributed by atoms with Crippen LogP contribution in [-0.2, 0) is 4.74 Å². The van der Waals surface area contributed by atoms with Gasteiger partial charge >= 0.3 is 0 Å². The summed E-state index contributed by atoms with van der Waals surface area (Å²) >= 11 is 0. The Bertz CT molecular complexity index is 185. The molecule has 0 radical (unpaired) electrons. The lowest BCUT2D eigenvalue weighted by molar-refractivity contribution is 0.0123. The van der Waals surface area contributed by atoms with Crippen molar-refractivity contribution in [1.29, 1.82) is 0 Å². The van der Waals surface area contributed by atoms with Crippen LogP contribution in [-0.4, -0.2) is 24.8 Å². The minimum Gasteiger partial charge on any atom is -0.378 e. The van der Waals surface area contributed by atoms with E-state index in [0.717, 1.165) is 25.9 Å². The van der Waals surface area contributed by atoms with Crippen LogP contribution in [0.1, 0.15) is 33.1 Å². The first-order valence-electron chi connectivity index (χ1n) is 5.10. The van der Waals surface area contributed by atoms with Crippen LogP contribution in [0.2, 0.25) is 0 Å². The molecule has 74 valence electrons. The summed E-state index contributed by atoms with van der Waals surface area (Å²) in [4.78, 5) is 0. The summed E-state index contributed by atoms with van der Waals surface area (Å²) in [5.41, 5.74) is 0. The third-order valence-electron chi connectivity index (χ3n) is 2.53. The van der Waals surface area contributed by atoms with Crippen LogP contribution in [0.5, 0.6) is 0 Å². The number of hydrogen-bond acceptors (Lipinski definition) is 2. The molecule has 1 saturated heterocycles. The second-order valence-corrected chi connectivity index (χ2v) is 3.70. The number of nitrogens with one attached hydrogen (secondary N) is 1. The first-order chi connectivity index (χ1) is 6.26. The summed E-state index contributed by atoms with van der Waals surface area (Å²) in [7, 11) is 0. The molecule has 0 aliphatic carbocycles. The average molecular weight is 181 g/mol. The highest BCUT2D eigenvalue weighted by atomic mass is 16.5. The standard InChI is InChI=1S/C11H19NO/c1-4-10(5-2)12-11-6-7-13-9(3)8-11/h1,9-12H,5-8H2,2-3H3. The molecule has 0 amide bonds. The third-order valence-corrected chi connectivity index (χ3v) is 2.53. The highest BCUT2D eigenvalue weighted by Gasteiger charge is 2.20. The molecular formula is C11H19NO. The van der Waals surface area contributed by atoms with Crippen LogP contribution in [0.3, 0.4) is 0 Å². The minimum absolute atomic E-state index is 0.232. The average Bonchev–Trinajstić information content (AvgIpc) is 2.14. The van der Waals surface area contributed by atoms with E-state index in [1.165, 1.54) is 0 Å². The predicted octanol–water partition coefficient (Wildman–Crippen LogP) is 1.56. The fourth-order valence-electron chi connectivity index (χ4n) is 1.72. The topological polar surface area (TPSA) is 21.3 Å². The van der Waals surface area contributed by atoms with E-state index < -0.39 is 0 Å². The summed E-state index contributed by atoms with van der Waals surface area (Å²) in [5.74, 6) is 2.76. The fourth-order valence-corrected chi connectivity index (χ4v) is 1.72. The van der Waals surface area contributed by atoms with Gasteiger partial charge in [-0.05, 0) is 26.2 Å². The molecule has 2 nitrogen and oxygen atoms in total. The Morgan fingerprint density at radius 2 is 2.46 bits per heavy atom. The van der Waals surface area contributed by atoms with E-state index in [1.807, 2.05) is 0 Å². The molecule has 0 spiro atoms. The maximum absolute atomic E-state index is 5.47. The summed E-state index contributed by atoms with van der Waals surface area (Å²) < 4.78 is 5.47. The van der Waals surface area contributed by atoms with E-state index in [1.54, 1.807) is 0 Å². The lowest BCUT2D eigenvalue weighted by Crippen LogP contribution is -2.42. The molecule has 1 aliphatic rings.